The van der Waals surface area contributed by atoms with E-state index in [1.54, 1.807) is 0 Å². The standard InChI is InChI=1S/C14H25N3O/c1-5-15-13-6-7-17(8-10(13)2)9-14-16-11(3)12(4)18-14/h10,13,15H,5-9H2,1-4H3. The lowest BCUT2D eigenvalue weighted by Crippen LogP contribution is -2.47. The molecule has 0 saturated carbocycles. The Morgan fingerprint density at radius 2 is 2.22 bits per heavy atom. The third-order valence-electron chi connectivity index (χ3n) is 3.89. The first-order chi connectivity index (χ1) is 8.60. The normalized spacial score (nSPS) is 25.6. The summed E-state index contributed by atoms with van der Waals surface area (Å²) in [6, 6.07) is 0.666. The Hall–Kier alpha value is -0.870. The second-order valence-electron chi connectivity index (χ2n) is 5.41. The highest BCUT2D eigenvalue weighted by atomic mass is 16.4. The molecule has 18 heavy (non-hydrogen) atoms. The van der Waals surface area contributed by atoms with E-state index >= 15 is 0 Å². The van der Waals surface area contributed by atoms with Crippen LogP contribution >= 0.6 is 0 Å². The Morgan fingerprint density at radius 1 is 1.44 bits per heavy atom. The van der Waals surface area contributed by atoms with E-state index in [0.717, 1.165) is 43.5 Å². The number of hydrogen-bond acceptors (Lipinski definition) is 4. The van der Waals surface area contributed by atoms with Crippen LogP contribution in [-0.2, 0) is 6.54 Å². The van der Waals surface area contributed by atoms with E-state index in [2.05, 4.69) is 29.0 Å². The summed E-state index contributed by atoms with van der Waals surface area (Å²) in [7, 11) is 0. The third kappa shape index (κ3) is 3.12. The van der Waals surface area contributed by atoms with Crippen LogP contribution in [0.2, 0.25) is 0 Å². The monoisotopic (exact) mass is 251 g/mol. The number of nitrogens with one attached hydrogen (secondary N) is 1. The molecule has 2 unspecified atom stereocenters. The van der Waals surface area contributed by atoms with Gasteiger partial charge in [-0.15, -0.1) is 0 Å². The molecule has 2 rings (SSSR count). The van der Waals surface area contributed by atoms with Crippen LogP contribution in [0.25, 0.3) is 0 Å². The molecule has 4 heteroatoms. The molecular weight excluding hydrogens is 226 g/mol. The van der Waals surface area contributed by atoms with Gasteiger partial charge in [-0.2, -0.15) is 0 Å². The lowest BCUT2D eigenvalue weighted by Gasteiger charge is -2.36. The molecule has 4 nitrogen and oxygen atoms in total. The van der Waals surface area contributed by atoms with Crippen LogP contribution in [0.1, 0.15) is 37.6 Å². The Bertz CT molecular complexity index is 369. The van der Waals surface area contributed by atoms with E-state index < -0.39 is 0 Å². The smallest absolute Gasteiger partial charge is 0.208 e. The summed E-state index contributed by atoms with van der Waals surface area (Å²) in [6.07, 6.45) is 1.22. The van der Waals surface area contributed by atoms with E-state index in [-0.39, 0.29) is 0 Å². The molecule has 0 spiro atoms. The van der Waals surface area contributed by atoms with Crippen LogP contribution in [0.3, 0.4) is 0 Å². The van der Waals surface area contributed by atoms with Crippen molar-refractivity contribution in [3.05, 3.63) is 17.3 Å². The molecular formula is C14H25N3O. The molecule has 0 bridgehead atoms. The zero-order valence-electron chi connectivity index (χ0n) is 12.0. The van der Waals surface area contributed by atoms with Gasteiger partial charge in [0.25, 0.3) is 0 Å². The molecule has 1 aromatic heterocycles. The molecule has 102 valence electrons. The fourth-order valence-electron chi connectivity index (χ4n) is 2.74. The number of likely N-dealkylation sites (tertiary alicyclic amines) is 1. The molecule has 0 aromatic carbocycles. The first kappa shape index (κ1) is 13.6. The maximum absolute atomic E-state index is 5.66. The van der Waals surface area contributed by atoms with Gasteiger partial charge in [0, 0.05) is 19.1 Å². The van der Waals surface area contributed by atoms with Crippen molar-refractivity contribution in [1.29, 1.82) is 0 Å². The highest BCUT2D eigenvalue weighted by Gasteiger charge is 2.26. The van der Waals surface area contributed by atoms with Gasteiger partial charge in [-0.1, -0.05) is 13.8 Å². The van der Waals surface area contributed by atoms with Crippen molar-refractivity contribution < 1.29 is 4.42 Å². The van der Waals surface area contributed by atoms with Gasteiger partial charge in [0.2, 0.25) is 5.89 Å². The summed E-state index contributed by atoms with van der Waals surface area (Å²) in [5.74, 6) is 2.50. The van der Waals surface area contributed by atoms with Crippen molar-refractivity contribution in [3.63, 3.8) is 0 Å². The third-order valence-corrected chi connectivity index (χ3v) is 3.89. The topological polar surface area (TPSA) is 41.3 Å². The van der Waals surface area contributed by atoms with Crippen LogP contribution < -0.4 is 5.32 Å². The van der Waals surface area contributed by atoms with E-state index in [0.29, 0.717) is 12.0 Å². The summed E-state index contributed by atoms with van der Waals surface area (Å²) in [4.78, 5) is 6.91. The number of piperidine rings is 1. The highest BCUT2D eigenvalue weighted by molar-refractivity contribution is 5.05. The van der Waals surface area contributed by atoms with E-state index in [9.17, 15) is 0 Å². The maximum Gasteiger partial charge on any atom is 0.208 e. The predicted molar refractivity (Wildman–Crippen MR) is 72.5 cm³/mol. The van der Waals surface area contributed by atoms with Gasteiger partial charge in [0.15, 0.2) is 0 Å². The minimum Gasteiger partial charge on any atom is -0.444 e. The Morgan fingerprint density at radius 3 is 2.78 bits per heavy atom. The molecule has 1 aromatic rings. The SMILES string of the molecule is CCNC1CCN(Cc2nc(C)c(C)o2)CC1C. The minimum atomic E-state index is 0.666. The number of aromatic nitrogens is 1. The Labute approximate surface area is 110 Å². The number of aryl methyl sites for hydroxylation is 2. The minimum absolute atomic E-state index is 0.666. The van der Waals surface area contributed by atoms with Crippen molar-refractivity contribution in [2.24, 2.45) is 5.92 Å². The highest BCUT2D eigenvalue weighted by Crippen LogP contribution is 2.19. The number of hydrogen-bond donors (Lipinski definition) is 1. The van der Waals surface area contributed by atoms with Crippen LogP contribution in [0.15, 0.2) is 4.42 Å². The van der Waals surface area contributed by atoms with Crippen molar-refractivity contribution in [1.82, 2.24) is 15.2 Å². The number of rotatable bonds is 4. The fourth-order valence-corrected chi connectivity index (χ4v) is 2.74. The molecule has 0 amide bonds. The Kier molecular flexibility index (Phi) is 4.40. The van der Waals surface area contributed by atoms with Crippen molar-refractivity contribution in [2.75, 3.05) is 19.6 Å². The van der Waals surface area contributed by atoms with Crippen molar-refractivity contribution in [2.45, 2.75) is 46.7 Å². The molecule has 2 atom stereocenters. The molecule has 1 aliphatic heterocycles. The van der Waals surface area contributed by atoms with Gasteiger partial charge in [-0.3, -0.25) is 4.90 Å². The molecule has 1 N–H and O–H groups in total. The van der Waals surface area contributed by atoms with Gasteiger partial charge in [-0.25, -0.2) is 4.98 Å². The van der Waals surface area contributed by atoms with Gasteiger partial charge < -0.3 is 9.73 Å². The maximum atomic E-state index is 5.66. The zero-order chi connectivity index (χ0) is 13.1. The second-order valence-corrected chi connectivity index (χ2v) is 5.41. The summed E-state index contributed by atoms with van der Waals surface area (Å²) >= 11 is 0. The fraction of sp³-hybridized carbons (Fsp3) is 0.786. The van der Waals surface area contributed by atoms with E-state index in [4.69, 9.17) is 4.42 Å². The summed E-state index contributed by atoms with van der Waals surface area (Å²) in [5.41, 5.74) is 1.01. The lowest BCUT2D eigenvalue weighted by atomic mass is 9.94. The summed E-state index contributed by atoms with van der Waals surface area (Å²) < 4.78 is 5.66. The number of oxazole rings is 1. The molecule has 1 fully saturated rings. The first-order valence-corrected chi connectivity index (χ1v) is 6.98. The molecule has 2 heterocycles. The zero-order valence-corrected chi connectivity index (χ0v) is 12.0. The molecule has 0 aliphatic carbocycles. The van der Waals surface area contributed by atoms with Crippen LogP contribution in [0.4, 0.5) is 0 Å². The average molecular weight is 251 g/mol. The second kappa shape index (κ2) is 5.85. The summed E-state index contributed by atoms with van der Waals surface area (Å²) in [6.45, 7) is 12.6. The largest absolute Gasteiger partial charge is 0.444 e. The van der Waals surface area contributed by atoms with Gasteiger partial charge in [-0.05, 0) is 32.7 Å². The lowest BCUT2D eigenvalue weighted by molar-refractivity contribution is 0.131. The predicted octanol–water partition coefficient (Wildman–Crippen LogP) is 2.11. The van der Waals surface area contributed by atoms with Gasteiger partial charge in [0.05, 0.1) is 12.2 Å². The van der Waals surface area contributed by atoms with E-state index in [1.807, 2.05) is 13.8 Å². The molecule has 1 aliphatic rings. The molecule has 1 saturated heterocycles. The molecule has 0 radical (unpaired) electrons. The first-order valence-electron chi connectivity index (χ1n) is 6.98. The van der Waals surface area contributed by atoms with Crippen LogP contribution in [-0.4, -0.2) is 35.6 Å². The van der Waals surface area contributed by atoms with Crippen LogP contribution in [0, 0.1) is 19.8 Å². The number of nitrogens with zero attached hydrogens (tertiary/aromatic N) is 2. The van der Waals surface area contributed by atoms with Gasteiger partial charge in [0.1, 0.15) is 5.76 Å². The van der Waals surface area contributed by atoms with Crippen molar-refractivity contribution in [3.8, 4) is 0 Å². The average Bonchev–Trinajstić information content (AvgIpc) is 2.62. The van der Waals surface area contributed by atoms with Crippen LogP contribution in [0.5, 0.6) is 0 Å². The van der Waals surface area contributed by atoms with Crippen molar-refractivity contribution >= 4 is 0 Å². The Balaban J connectivity index is 1.89. The quantitative estimate of drug-likeness (QED) is 0.890. The van der Waals surface area contributed by atoms with E-state index in [1.165, 1.54) is 6.42 Å². The summed E-state index contributed by atoms with van der Waals surface area (Å²) in [5, 5.41) is 3.57. The van der Waals surface area contributed by atoms with Gasteiger partial charge >= 0.3 is 0 Å².